The Labute approximate surface area is 155 Å². The summed E-state index contributed by atoms with van der Waals surface area (Å²) < 4.78 is 0.227. The van der Waals surface area contributed by atoms with Gasteiger partial charge in [0, 0.05) is 35.8 Å². The van der Waals surface area contributed by atoms with Gasteiger partial charge in [0.15, 0.2) is 0 Å². The van der Waals surface area contributed by atoms with E-state index in [0.717, 1.165) is 42.8 Å². The summed E-state index contributed by atoms with van der Waals surface area (Å²) in [5.74, 6) is 1.00. The predicted molar refractivity (Wildman–Crippen MR) is 102 cm³/mol. The number of fused-ring (bicyclic) bond motifs is 2. The number of alkyl halides is 1. The van der Waals surface area contributed by atoms with E-state index >= 15 is 0 Å². The summed E-state index contributed by atoms with van der Waals surface area (Å²) in [4.78, 5) is 16.6. The van der Waals surface area contributed by atoms with Crippen molar-refractivity contribution in [2.45, 2.75) is 29.2 Å². The highest BCUT2D eigenvalue weighted by Crippen LogP contribution is 2.57. The summed E-state index contributed by atoms with van der Waals surface area (Å²) in [6.45, 7) is 4.94. The molecule has 0 spiro atoms. The van der Waals surface area contributed by atoms with E-state index in [1.807, 2.05) is 12.3 Å². The molecule has 0 bridgehead atoms. The highest BCUT2D eigenvalue weighted by atomic mass is 127. The van der Waals surface area contributed by atoms with Crippen LogP contribution in [0.15, 0.2) is 18.6 Å². The number of hydrogen-bond acceptors (Lipinski definition) is 5. The molecule has 0 unspecified atom stereocenters. The molecule has 24 heavy (non-hydrogen) atoms. The summed E-state index contributed by atoms with van der Waals surface area (Å²) in [6.07, 6.45) is 5.81. The van der Waals surface area contributed by atoms with Crippen molar-refractivity contribution in [1.82, 2.24) is 19.9 Å². The molecule has 4 rings (SSSR count). The summed E-state index contributed by atoms with van der Waals surface area (Å²) in [5.41, 5.74) is 1.13. The Bertz CT molecular complexity index is 793. The lowest BCUT2D eigenvalue weighted by atomic mass is 9.83. The lowest BCUT2D eigenvalue weighted by Gasteiger charge is -2.30. The molecule has 3 atom stereocenters. The average Bonchev–Trinajstić information content (AvgIpc) is 3.15. The van der Waals surface area contributed by atoms with Crippen LogP contribution in [0.2, 0.25) is 0 Å². The fourth-order valence-electron chi connectivity index (χ4n) is 4.56. The van der Waals surface area contributed by atoms with Crippen molar-refractivity contribution in [1.29, 1.82) is 5.26 Å². The Balaban J connectivity index is 1.60. The fraction of sp³-hybridized carbons (Fsp3) is 0.588. The minimum absolute atomic E-state index is 0.227. The van der Waals surface area contributed by atoms with Gasteiger partial charge >= 0.3 is 0 Å². The molecule has 1 aliphatic carbocycles. The number of halogens is 1. The highest BCUT2D eigenvalue weighted by molar-refractivity contribution is 14.1. The minimum Gasteiger partial charge on any atom is -0.356 e. The molecule has 1 aliphatic heterocycles. The van der Waals surface area contributed by atoms with E-state index in [0.29, 0.717) is 12.6 Å². The SMILES string of the molecule is CN(c1ncnc2[nH]ccc12)[C@H]1C[C@@]2(C)CN(CC#N)C[C@@]2(I)C1. The van der Waals surface area contributed by atoms with Gasteiger partial charge < -0.3 is 9.88 Å². The Kier molecular flexibility index (Phi) is 3.73. The van der Waals surface area contributed by atoms with Gasteiger partial charge in [-0.2, -0.15) is 5.26 Å². The van der Waals surface area contributed by atoms with Gasteiger partial charge in [-0.25, -0.2) is 9.97 Å². The van der Waals surface area contributed by atoms with E-state index in [1.54, 1.807) is 6.33 Å². The monoisotopic (exact) mass is 436 g/mol. The van der Waals surface area contributed by atoms with Gasteiger partial charge in [-0.05, 0) is 24.3 Å². The van der Waals surface area contributed by atoms with Gasteiger partial charge in [0.2, 0.25) is 0 Å². The van der Waals surface area contributed by atoms with Crippen molar-refractivity contribution in [2.24, 2.45) is 5.41 Å². The van der Waals surface area contributed by atoms with Gasteiger partial charge in [-0.15, -0.1) is 0 Å². The summed E-state index contributed by atoms with van der Waals surface area (Å²) in [6, 6.07) is 4.81. The van der Waals surface area contributed by atoms with E-state index in [9.17, 15) is 0 Å². The fourth-order valence-corrected chi connectivity index (χ4v) is 5.94. The number of nitriles is 1. The zero-order chi connectivity index (χ0) is 16.9. The van der Waals surface area contributed by atoms with E-state index in [2.05, 4.69) is 67.4 Å². The highest BCUT2D eigenvalue weighted by Gasteiger charge is 2.59. The number of hydrogen-bond donors (Lipinski definition) is 1. The lowest BCUT2D eigenvalue weighted by Crippen LogP contribution is -2.35. The van der Waals surface area contributed by atoms with Crippen LogP contribution in [0.4, 0.5) is 5.82 Å². The molecule has 0 aromatic carbocycles. The molecule has 2 aromatic rings. The van der Waals surface area contributed by atoms with Crippen molar-refractivity contribution in [3.63, 3.8) is 0 Å². The predicted octanol–water partition coefficient (Wildman–Crippen LogP) is 2.58. The third-order valence-electron chi connectivity index (χ3n) is 5.88. The number of aromatic amines is 1. The third kappa shape index (κ3) is 2.30. The molecule has 2 aliphatic rings. The Morgan fingerprint density at radius 1 is 1.46 bits per heavy atom. The number of H-pyrrole nitrogens is 1. The van der Waals surface area contributed by atoms with Gasteiger partial charge in [0.1, 0.15) is 17.8 Å². The Morgan fingerprint density at radius 2 is 2.29 bits per heavy atom. The van der Waals surface area contributed by atoms with Gasteiger partial charge in [-0.1, -0.05) is 29.5 Å². The molecule has 7 heteroatoms. The molecule has 1 N–H and O–H groups in total. The second-order valence-electron chi connectivity index (χ2n) is 7.44. The first-order valence-corrected chi connectivity index (χ1v) is 9.33. The summed E-state index contributed by atoms with van der Waals surface area (Å²) in [7, 11) is 2.15. The maximum Gasteiger partial charge on any atom is 0.142 e. The first-order chi connectivity index (χ1) is 11.5. The van der Waals surface area contributed by atoms with Crippen molar-refractivity contribution >= 4 is 39.4 Å². The van der Waals surface area contributed by atoms with E-state index in [-0.39, 0.29) is 8.84 Å². The van der Waals surface area contributed by atoms with Crippen LogP contribution in [-0.4, -0.2) is 56.0 Å². The van der Waals surface area contributed by atoms with E-state index < -0.39 is 0 Å². The van der Waals surface area contributed by atoms with Crippen LogP contribution in [0.25, 0.3) is 11.0 Å². The largest absolute Gasteiger partial charge is 0.356 e. The Hall–Kier alpha value is -1.40. The zero-order valence-corrected chi connectivity index (χ0v) is 16.1. The standard InChI is InChI=1S/C17H21IN6/c1-16-7-12(8-17(16,18)10-24(9-16)6-4-19)23(2)15-13-3-5-20-14(13)21-11-22-15/h3,5,11-12H,6-10H2,1-2H3,(H,20,21,22)/t12-,16-,17-/m0/s1. The smallest absolute Gasteiger partial charge is 0.142 e. The number of likely N-dealkylation sites (tertiary alicyclic amines) is 1. The molecular formula is C17H21IN6. The molecule has 0 radical (unpaired) electrons. The van der Waals surface area contributed by atoms with Crippen LogP contribution < -0.4 is 4.90 Å². The molecule has 126 valence electrons. The van der Waals surface area contributed by atoms with Crippen molar-refractivity contribution in [2.75, 3.05) is 31.6 Å². The number of aromatic nitrogens is 3. The van der Waals surface area contributed by atoms with Crippen LogP contribution in [0.3, 0.4) is 0 Å². The van der Waals surface area contributed by atoms with Gasteiger partial charge in [0.05, 0.1) is 18.0 Å². The maximum absolute atomic E-state index is 9.01. The molecule has 1 saturated heterocycles. The van der Waals surface area contributed by atoms with Crippen LogP contribution >= 0.6 is 22.6 Å². The maximum atomic E-state index is 9.01. The number of rotatable bonds is 3. The Morgan fingerprint density at radius 3 is 3.04 bits per heavy atom. The second kappa shape index (κ2) is 5.56. The number of nitrogens with zero attached hydrogens (tertiary/aromatic N) is 5. The number of anilines is 1. The average molecular weight is 436 g/mol. The quantitative estimate of drug-likeness (QED) is 0.455. The van der Waals surface area contributed by atoms with Crippen molar-refractivity contribution < 1.29 is 0 Å². The molecule has 6 nitrogen and oxygen atoms in total. The zero-order valence-electron chi connectivity index (χ0n) is 14.0. The molecule has 0 amide bonds. The summed E-state index contributed by atoms with van der Waals surface area (Å²) in [5, 5.41) is 10.1. The topological polar surface area (TPSA) is 71.8 Å². The minimum atomic E-state index is 0.227. The first kappa shape index (κ1) is 16.1. The van der Waals surface area contributed by atoms with Crippen LogP contribution in [-0.2, 0) is 0 Å². The molecule has 1 saturated carbocycles. The number of nitrogens with one attached hydrogen (secondary N) is 1. The van der Waals surface area contributed by atoms with Gasteiger partial charge in [-0.3, -0.25) is 4.90 Å². The van der Waals surface area contributed by atoms with Crippen LogP contribution in [0.5, 0.6) is 0 Å². The van der Waals surface area contributed by atoms with Gasteiger partial charge in [0.25, 0.3) is 0 Å². The normalized spacial score (nSPS) is 32.8. The van der Waals surface area contributed by atoms with E-state index in [1.165, 1.54) is 0 Å². The molecule has 2 fully saturated rings. The third-order valence-corrected chi connectivity index (χ3v) is 7.97. The van der Waals surface area contributed by atoms with Crippen LogP contribution in [0.1, 0.15) is 19.8 Å². The van der Waals surface area contributed by atoms with Crippen LogP contribution in [0, 0.1) is 16.7 Å². The second-order valence-corrected chi connectivity index (χ2v) is 9.50. The van der Waals surface area contributed by atoms with E-state index in [4.69, 9.17) is 5.26 Å². The first-order valence-electron chi connectivity index (χ1n) is 8.25. The van der Waals surface area contributed by atoms with Crippen molar-refractivity contribution in [3.8, 4) is 6.07 Å². The molecule has 3 heterocycles. The summed E-state index contributed by atoms with van der Waals surface area (Å²) >= 11 is 2.66. The lowest BCUT2D eigenvalue weighted by molar-refractivity contribution is 0.284. The van der Waals surface area contributed by atoms with Crippen molar-refractivity contribution in [3.05, 3.63) is 18.6 Å². The molecule has 2 aromatic heterocycles. The molecular weight excluding hydrogens is 415 g/mol.